The number of halogens is 2. The number of rotatable bonds is 7. The summed E-state index contributed by atoms with van der Waals surface area (Å²) in [7, 11) is 0. The van der Waals surface area contributed by atoms with Crippen LogP contribution in [0.15, 0.2) is 22.7 Å². The fourth-order valence-electron chi connectivity index (χ4n) is 3.18. The van der Waals surface area contributed by atoms with Gasteiger partial charge in [0.25, 0.3) is 0 Å². The first kappa shape index (κ1) is 18.4. The first-order chi connectivity index (χ1) is 11.1. The van der Waals surface area contributed by atoms with E-state index in [0.717, 1.165) is 36.8 Å². The third-order valence-electron chi connectivity index (χ3n) is 4.66. The van der Waals surface area contributed by atoms with E-state index in [0.29, 0.717) is 36.8 Å². The van der Waals surface area contributed by atoms with Gasteiger partial charge in [-0.1, -0.05) is 28.9 Å². The summed E-state index contributed by atoms with van der Waals surface area (Å²) in [4.78, 5) is 12.0. The van der Waals surface area contributed by atoms with Crippen molar-refractivity contribution in [1.82, 2.24) is 10.6 Å². The van der Waals surface area contributed by atoms with E-state index >= 15 is 0 Å². The highest BCUT2D eigenvalue weighted by molar-refractivity contribution is 9.10. The van der Waals surface area contributed by atoms with Gasteiger partial charge in [-0.25, -0.2) is 4.39 Å². The molecule has 1 amide bonds. The van der Waals surface area contributed by atoms with E-state index in [9.17, 15) is 9.18 Å². The van der Waals surface area contributed by atoms with Crippen LogP contribution in [-0.4, -0.2) is 25.5 Å². The predicted molar refractivity (Wildman–Crippen MR) is 94.8 cm³/mol. The van der Waals surface area contributed by atoms with Crippen molar-refractivity contribution < 1.29 is 9.18 Å². The van der Waals surface area contributed by atoms with Crippen LogP contribution >= 0.6 is 15.9 Å². The van der Waals surface area contributed by atoms with Crippen LogP contribution in [0, 0.1) is 17.7 Å². The van der Waals surface area contributed by atoms with E-state index in [-0.39, 0.29) is 11.7 Å². The topological polar surface area (TPSA) is 41.1 Å². The molecule has 1 saturated heterocycles. The van der Waals surface area contributed by atoms with Gasteiger partial charge in [0, 0.05) is 17.4 Å². The summed E-state index contributed by atoms with van der Waals surface area (Å²) in [6.45, 7) is 4.91. The molecule has 1 unspecified atom stereocenters. The minimum Gasteiger partial charge on any atom is -0.356 e. The SMILES string of the molecule is CC(CC(=O)NCCCc1ccc(Br)cc1F)C1CCNCC1. The van der Waals surface area contributed by atoms with Gasteiger partial charge in [-0.2, -0.15) is 0 Å². The number of aryl methyl sites for hydroxylation is 1. The number of hydrogen-bond acceptors (Lipinski definition) is 2. The highest BCUT2D eigenvalue weighted by Gasteiger charge is 2.21. The van der Waals surface area contributed by atoms with E-state index in [1.165, 1.54) is 6.07 Å². The molecule has 0 aromatic heterocycles. The predicted octanol–water partition coefficient (Wildman–Crippen LogP) is 3.66. The summed E-state index contributed by atoms with van der Waals surface area (Å²) in [6.07, 6.45) is 4.32. The zero-order chi connectivity index (χ0) is 16.7. The maximum Gasteiger partial charge on any atom is 0.220 e. The van der Waals surface area contributed by atoms with Crippen molar-refractivity contribution in [2.75, 3.05) is 19.6 Å². The Morgan fingerprint density at radius 1 is 1.43 bits per heavy atom. The average Bonchev–Trinajstić information content (AvgIpc) is 2.54. The molecule has 1 fully saturated rings. The Morgan fingerprint density at radius 2 is 2.17 bits per heavy atom. The van der Waals surface area contributed by atoms with Gasteiger partial charge in [-0.15, -0.1) is 0 Å². The molecule has 1 aliphatic rings. The van der Waals surface area contributed by atoms with Crippen molar-refractivity contribution in [3.8, 4) is 0 Å². The fraction of sp³-hybridized carbons (Fsp3) is 0.611. The summed E-state index contributed by atoms with van der Waals surface area (Å²) in [5.41, 5.74) is 0.700. The Bertz CT molecular complexity index is 518. The highest BCUT2D eigenvalue weighted by Crippen LogP contribution is 2.24. The molecule has 128 valence electrons. The molecule has 2 rings (SSSR count). The number of piperidine rings is 1. The van der Waals surface area contributed by atoms with Crippen LogP contribution in [0.5, 0.6) is 0 Å². The Kier molecular flexibility index (Phi) is 7.50. The number of carbonyl (C=O) groups is 1. The largest absolute Gasteiger partial charge is 0.356 e. The molecule has 5 heteroatoms. The van der Waals surface area contributed by atoms with E-state index in [1.54, 1.807) is 6.07 Å². The van der Waals surface area contributed by atoms with Crippen molar-refractivity contribution in [2.45, 2.75) is 39.0 Å². The number of nitrogens with one attached hydrogen (secondary N) is 2. The zero-order valence-electron chi connectivity index (χ0n) is 13.7. The molecule has 23 heavy (non-hydrogen) atoms. The molecule has 0 bridgehead atoms. The van der Waals surface area contributed by atoms with Gasteiger partial charge in [0.15, 0.2) is 0 Å². The van der Waals surface area contributed by atoms with Crippen LogP contribution in [0.25, 0.3) is 0 Å². The molecule has 1 atom stereocenters. The Labute approximate surface area is 146 Å². The van der Waals surface area contributed by atoms with Gasteiger partial charge < -0.3 is 10.6 Å². The van der Waals surface area contributed by atoms with Crippen molar-refractivity contribution >= 4 is 21.8 Å². The second-order valence-corrected chi connectivity index (χ2v) is 7.37. The van der Waals surface area contributed by atoms with Gasteiger partial charge in [-0.05, 0) is 68.3 Å². The van der Waals surface area contributed by atoms with Crippen LogP contribution in [0.4, 0.5) is 4.39 Å². The van der Waals surface area contributed by atoms with E-state index < -0.39 is 0 Å². The van der Waals surface area contributed by atoms with Crippen LogP contribution in [0.3, 0.4) is 0 Å². The molecule has 0 spiro atoms. The van der Waals surface area contributed by atoms with Gasteiger partial charge in [-0.3, -0.25) is 4.79 Å². The Morgan fingerprint density at radius 3 is 2.87 bits per heavy atom. The summed E-state index contributed by atoms with van der Waals surface area (Å²) >= 11 is 3.25. The quantitative estimate of drug-likeness (QED) is 0.704. The van der Waals surface area contributed by atoms with Crippen LogP contribution in [0.1, 0.15) is 38.2 Å². The minimum atomic E-state index is -0.190. The van der Waals surface area contributed by atoms with Crippen LogP contribution < -0.4 is 10.6 Å². The molecule has 1 aliphatic heterocycles. The second-order valence-electron chi connectivity index (χ2n) is 6.46. The average molecular weight is 385 g/mol. The maximum atomic E-state index is 13.7. The van der Waals surface area contributed by atoms with E-state index in [4.69, 9.17) is 0 Å². The molecular formula is C18H26BrFN2O. The van der Waals surface area contributed by atoms with Gasteiger partial charge in [0.05, 0.1) is 0 Å². The molecule has 2 N–H and O–H groups in total. The minimum absolute atomic E-state index is 0.118. The third-order valence-corrected chi connectivity index (χ3v) is 5.15. The normalized spacial score (nSPS) is 17.0. The summed E-state index contributed by atoms with van der Waals surface area (Å²) < 4.78 is 14.4. The van der Waals surface area contributed by atoms with Gasteiger partial charge in [0.2, 0.25) is 5.91 Å². The molecular weight excluding hydrogens is 359 g/mol. The molecule has 0 saturated carbocycles. The first-order valence-electron chi connectivity index (χ1n) is 8.47. The molecule has 3 nitrogen and oxygen atoms in total. The number of amides is 1. The molecule has 1 aromatic rings. The first-order valence-corrected chi connectivity index (χ1v) is 9.27. The lowest BCUT2D eigenvalue weighted by atomic mass is 9.84. The summed E-state index contributed by atoms with van der Waals surface area (Å²) in [5, 5.41) is 6.32. The van der Waals surface area contributed by atoms with Crippen molar-refractivity contribution in [3.63, 3.8) is 0 Å². The number of hydrogen-bond donors (Lipinski definition) is 2. The molecule has 1 aromatic carbocycles. The lowest BCUT2D eigenvalue weighted by molar-refractivity contribution is -0.122. The third kappa shape index (κ3) is 6.22. The van der Waals surface area contributed by atoms with Crippen LogP contribution in [0.2, 0.25) is 0 Å². The van der Waals surface area contributed by atoms with Gasteiger partial charge >= 0.3 is 0 Å². The van der Waals surface area contributed by atoms with E-state index in [1.807, 2.05) is 6.07 Å². The Balaban J connectivity index is 1.64. The summed E-state index contributed by atoms with van der Waals surface area (Å²) in [6, 6.07) is 5.12. The van der Waals surface area contributed by atoms with Crippen molar-refractivity contribution in [2.24, 2.45) is 11.8 Å². The van der Waals surface area contributed by atoms with E-state index in [2.05, 4.69) is 33.5 Å². The standard InChI is InChI=1S/C18H26BrFN2O/c1-13(14-6-9-21-10-7-14)11-18(23)22-8-2-3-15-4-5-16(19)12-17(15)20/h4-5,12-14,21H,2-3,6-11H2,1H3,(H,22,23). The Hall–Kier alpha value is -0.940. The molecule has 0 aliphatic carbocycles. The van der Waals surface area contributed by atoms with Gasteiger partial charge in [0.1, 0.15) is 5.82 Å². The lowest BCUT2D eigenvalue weighted by Gasteiger charge is -2.27. The molecule has 0 radical (unpaired) electrons. The second kappa shape index (κ2) is 9.38. The fourth-order valence-corrected chi connectivity index (χ4v) is 3.51. The zero-order valence-corrected chi connectivity index (χ0v) is 15.3. The smallest absolute Gasteiger partial charge is 0.220 e. The van der Waals surface area contributed by atoms with Crippen molar-refractivity contribution in [3.05, 3.63) is 34.1 Å². The van der Waals surface area contributed by atoms with Crippen molar-refractivity contribution in [1.29, 1.82) is 0 Å². The maximum absolute atomic E-state index is 13.7. The lowest BCUT2D eigenvalue weighted by Crippen LogP contribution is -2.33. The monoisotopic (exact) mass is 384 g/mol. The number of benzene rings is 1. The molecule has 1 heterocycles. The number of carbonyl (C=O) groups excluding carboxylic acids is 1. The summed E-state index contributed by atoms with van der Waals surface area (Å²) in [5.74, 6) is 1.01. The highest BCUT2D eigenvalue weighted by atomic mass is 79.9. The van der Waals surface area contributed by atoms with Crippen LogP contribution in [-0.2, 0) is 11.2 Å².